The Morgan fingerprint density at radius 1 is 0.944 bits per heavy atom. The Morgan fingerprint density at radius 2 is 1.61 bits per heavy atom. The Hall–Kier alpha value is -1.62. The lowest BCUT2D eigenvalue weighted by atomic mass is 10.2. The molecule has 0 saturated carbocycles. The molecule has 2 aromatic carbocycles. The van der Waals surface area contributed by atoms with Gasteiger partial charge in [-0.3, -0.25) is 4.21 Å². The van der Waals surface area contributed by atoms with Gasteiger partial charge in [0, 0.05) is 10.5 Å². The van der Waals surface area contributed by atoms with Gasteiger partial charge in [0.05, 0.1) is 16.6 Å². The van der Waals surface area contributed by atoms with Crippen LogP contribution in [0, 0.1) is 17.5 Å². The Morgan fingerprint density at radius 3 is 2.28 bits per heavy atom. The highest BCUT2D eigenvalue weighted by Gasteiger charge is 2.12. The fourth-order valence-electron chi connectivity index (χ4n) is 1.47. The zero-order chi connectivity index (χ0) is 13.1. The third kappa shape index (κ3) is 2.79. The third-order valence-corrected chi connectivity index (χ3v) is 3.77. The number of benzene rings is 2. The molecule has 0 aliphatic rings. The fraction of sp³-hybridized carbons (Fsp3) is 0.0769. The van der Waals surface area contributed by atoms with Gasteiger partial charge in [-0.2, -0.15) is 0 Å². The molecule has 1 atom stereocenters. The molecule has 1 nitrogen and oxygen atoms in total. The van der Waals surface area contributed by atoms with Crippen LogP contribution in [0.2, 0.25) is 0 Å². The van der Waals surface area contributed by atoms with Crippen molar-refractivity contribution < 1.29 is 17.4 Å². The van der Waals surface area contributed by atoms with E-state index in [1.54, 1.807) is 0 Å². The molecule has 0 spiro atoms. The minimum absolute atomic E-state index is 0.0395. The van der Waals surface area contributed by atoms with E-state index in [0.29, 0.717) is 4.90 Å². The lowest BCUT2D eigenvalue weighted by Crippen LogP contribution is -2.00. The zero-order valence-electron chi connectivity index (χ0n) is 9.20. The van der Waals surface area contributed by atoms with Crippen molar-refractivity contribution in [3.05, 3.63) is 65.5 Å². The summed E-state index contributed by atoms with van der Waals surface area (Å²) in [6, 6.07) is 8.81. The highest BCUT2D eigenvalue weighted by Crippen LogP contribution is 2.17. The largest absolute Gasteiger partial charge is 0.254 e. The molecule has 18 heavy (non-hydrogen) atoms. The lowest BCUT2D eigenvalue weighted by Gasteiger charge is -2.04. The molecule has 1 unspecified atom stereocenters. The molecular formula is C13H9F3OS. The number of rotatable bonds is 3. The molecule has 0 aliphatic heterocycles. The SMILES string of the molecule is O=S(Cc1cccc(F)c1F)c1ccc(F)cc1. The van der Waals surface area contributed by atoms with Gasteiger partial charge in [-0.1, -0.05) is 12.1 Å². The molecule has 5 heteroatoms. The summed E-state index contributed by atoms with van der Waals surface area (Å²) in [7, 11) is -1.53. The van der Waals surface area contributed by atoms with E-state index in [-0.39, 0.29) is 11.3 Å². The molecule has 0 N–H and O–H groups in total. The van der Waals surface area contributed by atoms with E-state index in [1.165, 1.54) is 36.4 Å². The second kappa shape index (κ2) is 5.35. The van der Waals surface area contributed by atoms with Crippen molar-refractivity contribution in [3.63, 3.8) is 0 Å². The van der Waals surface area contributed by atoms with Crippen molar-refractivity contribution >= 4 is 10.8 Å². The Labute approximate surface area is 105 Å². The minimum atomic E-state index is -1.53. The Bertz CT molecular complexity index is 581. The van der Waals surface area contributed by atoms with Crippen LogP contribution in [0.15, 0.2) is 47.4 Å². The predicted octanol–water partition coefficient (Wildman–Crippen LogP) is 3.41. The summed E-state index contributed by atoms with van der Waals surface area (Å²) in [5.74, 6) is -2.54. The smallest absolute Gasteiger partial charge is 0.162 e. The minimum Gasteiger partial charge on any atom is -0.254 e. The Balaban J connectivity index is 2.21. The van der Waals surface area contributed by atoms with Gasteiger partial charge in [0.15, 0.2) is 11.6 Å². The van der Waals surface area contributed by atoms with E-state index < -0.39 is 28.3 Å². The summed E-state index contributed by atoms with van der Waals surface area (Å²) < 4.78 is 50.9. The normalized spacial score (nSPS) is 12.4. The van der Waals surface area contributed by atoms with Crippen LogP contribution in [0.5, 0.6) is 0 Å². The molecule has 94 valence electrons. The summed E-state index contributed by atoms with van der Waals surface area (Å²) in [6.07, 6.45) is 0. The van der Waals surface area contributed by atoms with Crippen LogP contribution in [0.3, 0.4) is 0 Å². The second-order valence-electron chi connectivity index (χ2n) is 3.66. The van der Waals surface area contributed by atoms with E-state index in [1.807, 2.05) is 0 Å². The van der Waals surface area contributed by atoms with Crippen molar-refractivity contribution in [3.8, 4) is 0 Å². The first-order chi connectivity index (χ1) is 8.58. The second-order valence-corrected chi connectivity index (χ2v) is 5.11. The van der Waals surface area contributed by atoms with Gasteiger partial charge >= 0.3 is 0 Å². The van der Waals surface area contributed by atoms with Gasteiger partial charge in [-0.15, -0.1) is 0 Å². The first-order valence-electron chi connectivity index (χ1n) is 5.15. The highest BCUT2D eigenvalue weighted by molar-refractivity contribution is 7.84. The fourth-order valence-corrected chi connectivity index (χ4v) is 2.58. The van der Waals surface area contributed by atoms with E-state index in [2.05, 4.69) is 0 Å². The van der Waals surface area contributed by atoms with Gasteiger partial charge in [-0.05, 0) is 30.3 Å². The molecule has 0 heterocycles. The lowest BCUT2D eigenvalue weighted by molar-refractivity contribution is 0.502. The molecule has 0 bridgehead atoms. The highest BCUT2D eigenvalue weighted by atomic mass is 32.2. The third-order valence-electron chi connectivity index (χ3n) is 2.39. The van der Waals surface area contributed by atoms with Gasteiger partial charge < -0.3 is 0 Å². The van der Waals surface area contributed by atoms with E-state index in [4.69, 9.17) is 0 Å². The summed E-state index contributed by atoms with van der Waals surface area (Å²) in [5.41, 5.74) is 0.0395. The van der Waals surface area contributed by atoms with Crippen molar-refractivity contribution in [1.82, 2.24) is 0 Å². The van der Waals surface area contributed by atoms with Crippen molar-refractivity contribution in [2.45, 2.75) is 10.6 Å². The van der Waals surface area contributed by atoms with E-state index in [9.17, 15) is 17.4 Å². The number of hydrogen-bond acceptors (Lipinski definition) is 1. The van der Waals surface area contributed by atoms with Gasteiger partial charge in [0.2, 0.25) is 0 Å². The molecule has 0 saturated heterocycles. The molecule has 2 rings (SSSR count). The molecular weight excluding hydrogens is 261 g/mol. The standard InChI is InChI=1S/C13H9F3OS/c14-10-4-6-11(7-5-10)18(17)8-9-2-1-3-12(15)13(9)16/h1-7H,8H2. The molecule has 0 radical (unpaired) electrons. The maximum Gasteiger partial charge on any atom is 0.162 e. The van der Waals surface area contributed by atoms with Gasteiger partial charge in [0.25, 0.3) is 0 Å². The monoisotopic (exact) mass is 270 g/mol. The van der Waals surface area contributed by atoms with Crippen molar-refractivity contribution in [1.29, 1.82) is 0 Å². The van der Waals surface area contributed by atoms with E-state index >= 15 is 0 Å². The van der Waals surface area contributed by atoms with Crippen LogP contribution < -0.4 is 0 Å². The molecule has 0 fully saturated rings. The van der Waals surface area contributed by atoms with Gasteiger partial charge in [-0.25, -0.2) is 13.2 Å². The van der Waals surface area contributed by atoms with Crippen LogP contribution in [0.1, 0.15) is 5.56 Å². The maximum absolute atomic E-state index is 13.4. The van der Waals surface area contributed by atoms with Crippen LogP contribution in [0.25, 0.3) is 0 Å². The van der Waals surface area contributed by atoms with Crippen LogP contribution in [-0.4, -0.2) is 4.21 Å². The summed E-state index contributed by atoms with van der Waals surface area (Å²) in [5, 5.41) is 0. The number of halogens is 3. The summed E-state index contributed by atoms with van der Waals surface area (Å²) in [4.78, 5) is 0.375. The quantitative estimate of drug-likeness (QED) is 0.835. The summed E-state index contributed by atoms with van der Waals surface area (Å²) >= 11 is 0. The van der Waals surface area contributed by atoms with E-state index in [0.717, 1.165) is 6.07 Å². The Kier molecular flexibility index (Phi) is 3.81. The van der Waals surface area contributed by atoms with Crippen LogP contribution >= 0.6 is 0 Å². The molecule has 0 amide bonds. The van der Waals surface area contributed by atoms with Gasteiger partial charge in [0.1, 0.15) is 5.82 Å². The van der Waals surface area contributed by atoms with Crippen LogP contribution in [0.4, 0.5) is 13.2 Å². The van der Waals surface area contributed by atoms with Crippen molar-refractivity contribution in [2.75, 3.05) is 0 Å². The molecule has 0 aliphatic carbocycles. The average Bonchev–Trinajstić information content (AvgIpc) is 2.36. The summed E-state index contributed by atoms with van der Waals surface area (Å²) in [6.45, 7) is 0. The molecule has 2 aromatic rings. The van der Waals surface area contributed by atoms with Crippen LogP contribution in [-0.2, 0) is 16.6 Å². The maximum atomic E-state index is 13.4. The topological polar surface area (TPSA) is 17.1 Å². The first kappa shape index (κ1) is 12.8. The number of hydrogen-bond donors (Lipinski definition) is 0. The predicted molar refractivity (Wildman–Crippen MR) is 62.9 cm³/mol. The first-order valence-corrected chi connectivity index (χ1v) is 6.46. The molecule has 0 aromatic heterocycles. The average molecular weight is 270 g/mol. The van der Waals surface area contributed by atoms with Crippen molar-refractivity contribution in [2.24, 2.45) is 0 Å². The zero-order valence-corrected chi connectivity index (χ0v) is 10.0.